The number of para-hydroxylation sites is 1. The van der Waals surface area contributed by atoms with Gasteiger partial charge in [-0.3, -0.25) is 0 Å². The fourth-order valence-corrected chi connectivity index (χ4v) is 16.9. The average Bonchev–Trinajstić information content (AvgIpc) is 1.57. The number of unbranched alkanes of at least 4 members (excludes halogenated alkanes) is 19. The van der Waals surface area contributed by atoms with Crippen molar-refractivity contribution in [1.82, 2.24) is 4.57 Å². The van der Waals surface area contributed by atoms with E-state index in [4.69, 9.17) is 0 Å². The van der Waals surface area contributed by atoms with Gasteiger partial charge in [0.25, 0.3) is 0 Å². The Morgan fingerprint density at radius 2 is 0.781 bits per heavy atom. The molecule has 11 aromatic rings. The fraction of sp³-hybridized carbons (Fsp3) is 0.362. The van der Waals surface area contributed by atoms with E-state index in [0.29, 0.717) is 0 Å². The standard InChI is InChI=1S/C94H106N2/c1-8-11-14-17-20-21-22-23-24-27-34-70-40-42-71(43-41-70)72-44-50-77(51-45-72)95(79-54-57-82-81-35-28-30-37-87(81)93(6,7)88(82)67-79)78-52-46-73(47-53-78)74-49-58-92-86(65-74)85-36-29-31-38-91(85)96(92)80-62-69(5)61-76(64-80)75-48-56-84-83-55-39-68(4)63-89(83)94(90(84)66-75,59-32-25-18-15-12-9-2)60-33-26-19-16-13-10-3/h28-31,35-58,61-67H,8-27,32-34,59-60H2,1-7H3. The van der Waals surface area contributed by atoms with E-state index in [9.17, 15) is 0 Å². The Labute approximate surface area is 577 Å². The zero-order chi connectivity index (χ0) is 66.0. The van der Waals surface area contributed by atoms with Crippen molar-refractivity contribution >= 4 is 38.9 Å². The number of aryl methyl sites for hydroxylation is 3. The van der Waals surface area contributed by atoms with E-state index in [-0.39, 0.29) is 10.8 Å². The highest BCUT2D eigenvalue weighted by Gasteiger charge is 2.43. The summed E-state index contributed by atoms with van der Waals surface area (Å²) in [6.07, 6.45) is 33.2. The van der Waals surface area contributed by atoms with Gasteiger partial charge in [0, 0.05) is 44.4 Å². The molecule has 0 amide bonds. The van der Waals surface area contributed by atoms with Crippen LogP contribution in [0.15, 0.2) is 212 Å². The maximum absolute atomic E-state index is 2.64. The number of hydrogen-bond donors (Lipinski definition) is 0. The molecule has 13 rings (SSSR count). The maximum Gasteiger partial charge on any atom is 0.0541 e. The predicted molar refractivity (Wildman–Crippen MR) is 417 cm³/mol. The highest BCUT2D eigenvalue weighted by molar-refractivity contribution is 6.10. The lowest BCUT2D eigenvalue weighted by Gasteiger charge is -2.33. The molecular formula is C94H106N2. The second-order valence-electron chi connectivity index (χ2n) is 29.5. The Hall–Kier alpha value is -8.20. The van der Waals surface area contributed by atoms with Crippen LogP contribution in [-0.2, 0) is 17.3 Å². The van der Waals surface area contributed by atoms with Crippen molar-refractivity contribution in [2.24, 2.45) is 0 Å². The molecule has 2 aliphatic carbocycles. The van der Waals surface area contributed by atoms with Gasteiger partial charge in [0.15, 0.2) is 0 Å². The molecule has 2 nitrogen and oxygen atoms in total. The van der Waals surface area contributed by atoms with E-state index >= 15 is 0 Å². The van der Waals surface area contributed by atoms with Gasteiger partial charge in [0.1, 0.15) is 0 Å². The van der Waals surface area contributed by atoms with E-state index in [0.717, 1.165) is 23.5 Å². The molecule has 2 heteroatoms. The van der Waals surface area contributed by atoms with Crippen molar-refractivity contribution in [3.63, 3.8) is 0 Å². The molecule has 0 saturated carbocycles. The minimum Gasteiger partial charge on any atom is -0.310 e. The van der Waals surface area contributed by atoms with Crippen LogP contribution < -0.4 is 4.90 Å². The molecule has 2 aliphatic rings. The summed E-state index contributed by atoms with van der Waals surface area (Å²) in [7, 11) is 0. The largest absolute Gasteiger partial charge is 0.310 e. The second kappa shape index (κ2) is 30.5. The summed E-state index contributed by atoms with van der Waals surface area (Å²) >= 11 is 0. The minimum absolute atomic E-state index is 0.0262. The topological polar surface area (TPSA) is 8.17 Å². The molecule has 0 spiro atoms. The summed E-state index contributed by atoms with van der Waals surface area (Å²) in [5.74, 6) is 0. The van der Waals surface area contributed by atoms with Gasteiger partial charge in [0.05, 0.1) is 11.0 Å². The number of anilines is 3. The molecule has 0 atom stereocenters. The third-order valence-electron chi connectivity index (χ3n) is 22.3. The predicted octanol–water partition coefficient (Wildman–Crippen LogP) is 28.4. The van der Waals surface area contributed by atoms with Gasteiger partial charge >= 0.3 is 0 Å². The van der Waals surface area contributed by atoms with E-state index < -0.39 is 0 Å². The lowest BCUT2D eigenvalue weighted by molar-refractivity contribution is 0.398. The first kappa shape index (κ1) is 66.4. The number of rotatable bonds is 32. The van der Waals surface area contributed by atoms with Gasteiger partial charge in [-0.15, -0.1) is 0 Å². The Morgan fingerprint density at radius 1 is 0.312 bits per heavy atom. The molecule has 492 valence electrons. The normalized spacial score (nSPS) is 13.3. The highest BCUT2D eigenvalue weighted by atomic mass is 15.1. The first-order chi connectivity index (χ1) is 47.1. The number of hydrogen-bond acceptors (Lipinski definition) is 1. The van der Waals surface area contributed by atoms with Crippen molar-refractivity contribution in [3.8, 4) is 61.3 Å². The molecule has 0 radical (unpaired) electrons. The molecule has 0 unspecified atom stereocenters. The van der Waals surface area contributed by atoms with Crippen LogP contribution >= 0.6 is 0 Å². The van der Waals surface area contributed by atoms with Crippen molar-refractivity contribution in [1.29, 1.82) is 0 Å². The quantitative estimate of drug-likeness (QED) is 0.0382. The van der Waals surface area contributed by atoms with Gasteiger partial charge < -0.3 is 9.47 Å². The van der Waals surface area contributed by atoms with Crippen LogP contribution in [0, 0.1) is 13.8 Å². The van der Waals surface area contributed by atoms with Gasteiger partial charge in [0.2, 0.25) is 0 Å². The monoisotopic (exact) mass is 1260 g/mol. The van der Waals surface area contributed by atoms with Gasteiger partial charge in [-0.05, 0) is 201 Å². The zero-order valence-electron chi connectivity index (χ0n) is 59.3. The van der Waals surface area contributed by atoms with Crippen LogP contribution in [0.3, 0.4) is 0 Å². The molecule has 0 aliphatic heterocycles. The van der Waals surface area contributed by atoms with E-state index in [1.807, 2.05) is 0 Å². The van der Waals surface area contributed by atoms with Crippen LogP contribution in [-0.4, -0.2) is 4.57 Å². The third-order valence-corrected chi connectivity index (χ3v) is 22.3. The van der Waals surface area contributed by atoms with Crippen LogP contribution in [0.4, 0.5) is 17.1 Å². The van der Waals surface area contributed by atoms with Crippen molar-refractivity contribution < 1.29 is 0 Å². The Kier molecular flexibility index (Phi) is 21.1. The van der Waals surface area contributed by atoms with Gasteiger partial charge in [-0.25, -0.2) is 0 Å². The summed E-state index contributed by atoms with van der Waals surface area (Å²) < 4.78 is 2.52. The van der Waals surface area contributed by atoms with Crippen molar-refractivity contribution in [2.75, 3.05) is 4.90 Å². The van der Waals surface area contributed by atoms with Gasteiger partial charge in [-0.1, -0.05) is 315 Å². The lowest BCUT2D eigenvalue weighted by Crippen LogP contribution is -2.25. The van der Waals surface area contributed by atoms with Crippen LogP contribution in [0.25, 0.3) is 83.1 Å². The molecule has 0 bridgehead atoms. The van der Waals surface area contributed by atoms with E-state index in [1.165, 1.54) is 265 Å². The van der Waals surface area contributed by atoms with Crippen molar-refractivity contribution in [2.45, 2.75) is 220 Å². The summed E-state index contributed by atoms with van der Waals surface area (Å²) in [5, 5.41) is 2.53. The summed E-state index contributed by atoms with van der Waals surface area (Å²) in [4.78, 5) is 2.46. The number of nitrogens with zero attached hydrogens (tertiary/aromatic N) is 2. The molecule has 0 N–H and O–H groups in total. The molecule has 0 saturated heterocycles. The van der Waals surface area contributed by atoms with Crippen LogP contribution in [0.2, 0.25) is 0 Å². The zero-order valence-corrected chi connectivity index (χ0v) is 59.3. The lowest BCUT2D eigenvalue weighted by atomic mass is 9.70. The van der Waals surface area contributed by atoms with Crippen molar-refractivity contribution in [3.05, 3.63) is 251 Å². The number of benzene rings is 10. The first-order valence-electron chi connectivity index (χ1n) is 37.8. The summed E-state index contributed by atoms with van der Waals surface area (Å²) in [6.45, 7) is 16.3. The summed E-state index contributed by atoms with van der Waals surface area (Å²) in [6, 6.07) is 82.5. The molecule has 10 aromatic carbocycles. The maximum atomic E-state index is 2.64. The molecular weight excluding hydrogens is 1160 g/mol. The Morgan fingerprint density at radius 3 is 1.43 bits per heavy atom. The van der Waals surface area contributed by atoms with Gasteiger partial charge in [-0.2, -0.15) is 0 Å². The Bertz CT molecular complexity index is 4400. The molecule has 0 fully saturated rings. The first-order valence-corrected chi connectivity index (χ1v) is 37.8. The van der Waals surface area contributed by atoms with E-state index in [2.05, 4.69) is 270 Å². The third kappa shape index (κ3) is 14.0. The second-order valence-corrected chi connectivity index (χ2v) is 29.5. The van der Waals surface area contributed by atoms with E-state index in [1.54, 1.807) is 11.1 Å². The van der Waals surface area contributed by atoms with Crippen LogP contribution in [0.1, 0.15) is 228 Å². The number of aromatic nitrogens is 1. The molecule has 96 heavy (non-hydrogen) atoms. The smallest absolute Gasteiger partial charge is 0.0541 e. The number of fused-ring (bicyclic) bond motifs is 9. The minimum atomic E-state index is -0.119. The Balaban J connectivity index is 0.791. The molecule has 1 heterocycles. The fourth-order valence-electron chi connectivity index (χ4n) is 16.9. The SMILES string of the molecule is CCCCCCCCCCCCc1ccc(-c2ccc(N(c3ccc(-c4ccc5c(c4)c4ccccc4n5-c4cc(C)cc(-c5ccc6c(c5)C(CCCCCCCC)(CCCCCCCC)c5cc(C)ccc5-6)c4)cc3)c3ccc4c(c3)C(C)(C)c3ccccc3-4)cc2)cc1. The molecule has 1 aromatic heterocycles. The summed E-state index contributed by atoms with van der Waals surface area (Å²) in [5.41, 5.74) is 30.1. The average molecular weight is 1260 g/mol. The van der Waals surface area contributed by atoms with Crippen LogP contribution in [0.5, 0.6) is 0 Å². The highest BCUT2D eigenvalue weighted by Crippen LogP contribution is 2.56.